The topological polar surface area (TPSA) is 84.2 Å². The van der Waals surface area contributed by atoms with E-state index in [-0.39, 0.29) is 12.2 Å². The number of amides is 1. The summed E-state index contributed by atoms with van der Waals surface area (Å²) in [7, 11) is 1.92. The van der Waals surface area contributed by atoms with Crippen LogP contribution in [0, 0.1) is 5.92 Å². The van der Waals surface area contributed by atoms with Crippen LogP contribution < -0.4 is 5.32 Å². The van der Waals surface area contributed by atoms with Gasteiger partial charge in [0.25, 0.3) is 0 Å². The van der Waals surface area contributed by atoms with Crippen molar-refractivity contribution in [2.75, 3.05) is 45.9 Å². The zero-order valence-electron chi connectivity index (χ0n) is 20.3. The fourth-order valence-electron chi connectivity index (χ4n) is 4.22. The SMILES string of the molecule is CCNC(=NCCC1CCCN(C(=O)OC(C)(C)C)C1)N1CCOC(c2cnn(C)c2)C1. The Kier molecular flexibility index (Phi) is 8.39. The molecule has 9 heteroatoms. The molecule has 180 valence electrons. The molecule has 1 amide bonds. The predicted molar refractivity (Wildman–Crippen MR) is 125 cm³/mol. The lowest BCUT2D eigenvalue weighted by molar-refractivity contribution is -0.00805. The summed E-state index contributed by atoms with van der Waals surface area (Å²) in [6, 6.07) is 0. The highest BCUT2D eigenvalue weighted by atomic mass is 16.6. The summed E-state index contributed by atoms with van der Waals surface area (Å²) in [5.74, 6) is 1.39. The first-order valence-electron chi connectivity index (χ1n) is 11.9. The van der Waals surface area contributed by atoms with Crippen molar-refractivity contribution >= 4 is 12.1 Å². The molecule has 1 aromatic rings. The van der Waals surface area contributed by atoms with Gasteiger partial charge in [-0.3, -0.25) is 9.67 Å². The highest BCUT2D eigenvalue weighted by Crippen LogP contribution is 2.23. The Morgan fingerprint density at radius 2 is 2.12 bits per heavy atom. The number of carbonyl (C=O) groups excluding carboxylic acids is 1. The molecule has 0 aromatic carbocycles. The number of hydrogen-bond donors (Lipinski definition) is 1. The first-order chi connectivity index (χ1) is 15.2. The quantitative estimate of drug-likeness (QED) is 0.551. The van der Waals surface area contributed by atoms with Crippen molar-refractivity contribution in [3.8, 4) is 0 Å². The normalized spacial score (nSPS) is 22.7. The number of aryl methyl sites for hydroxylation is 1. The van der Waals surface area contributed by atoms with Crippen molar-refractivity contribution in [1.82, 2.24) is 24.9 Å². The molecule has 2 atom stereocenters. The second-order valence-corrected chi connectivity index (χ2v) is 9.71. The number of guanidine groups is 1. The van der Waals surface area contributed by atoms with Gasteiger partial charge in [0.1, 0.15) is 11.7 Å². The summed E-state index contributed by atoms with van der Waals surface area (Å²) in [5.41, 5.74) is 0.637. The number of carbonyl (C=O) groups is 1. The summed E-state index contributed by atoms with van der Waals surface area (Å²) in [6.45, 7) is 13.2. The number of aliphatic imine (C=N–C) groups is 1. The van der Waals surface area contributed by atoms with Crippen LogP contribution in [-0.2, 0) is 16.5 Å². The van der Waals surface area contributed by atoms with Gasteiger partial charge in [-0.05, 0) is 52.9 Å². The lowest BCUT2D eigenvalue weighted by atomic mass is 9.95. The van der Waals surface area contributed by atoms with Crippen molar-refractivity contribution in [2.45, 2.75) is 58.7 Å². The van der Waals surface area contributed by atoms with E-state index in [0.717, 1.165) is 70.1 Å². The van der Waals surface area contributed by atoms with Crippen LogP contribution in [0.4, 0.5) is 4.79 Å². The number of nitrogens with zero attached hydrogens (tertiary/aromatic N) is 5. The monoisotopic (exact) mass is 448 g/mol. The van der Waals surface area contributed by atoms with Gasteiger partial charge < -0.3 is 24.6 Å². The van der Waals surface area contributed by atoms with Gasteiger partial charge in [0.05, 0.1) is 19.3 Å². The molecule has 2 aliphatic rings. The molecule has 0 saturated carbocycles. The minimum absolute atomic E-state index is 0.00189. The Morgan fingerprint density at radius 3 is 2.81 bits per heavy atom. The molecule has 2 fully saturated rings. The van der Waals surface area contributed by atoms with Crippen LogP contribution in [-0.4, -0.2) is 83.1 Å². The second kappa shape index (κ2) is 11.0. The number of hydrogen-bond acceptors (Lipinski definition) is 5. The summed E-state index contributed by atoms with van der Waals surface area (Å²) >= 11 is 0. The molecule has 1 N–H and O–H groups in total. The van der Waals surface area contributed by atoms with Crippen LogP contribution in [0.5, 0.6) is 0 Å². The van der Waals surface area contributed by atoms with E-state index in [1.54, 1.807) is 0 Å². The average molecular weight is 449 g/mol. The minimum atomic E-state index is -0.457. The Hall–Kier alpha value is -2.29. The number of ether oxygens (including phenoxy) is 2. The first-order valence-corrected chi connectivity index (χ1v) is 11.9. The van der Waals surface area contributed by atoms with E-state index < -0.39 is 5.60 Å². The Labute approximate surface area is 192 Å². The van der Waals surface area contributed by atoms with Crippen molar-refractivity contribution in [2.24, 2.45) is 18.0 Å². The second-order valence-electron chi connectivity index (χ2n) is 9.71. The maximum atomic E-state index is 12.4. The molecule has 0 radical (unpaired) electrons. The van der Waals surface area contributed by atoms with Crippen LogP contribution in [0.25, 0.3) is 0 Å². The molecular weight excluding hydrogens is 408 g/mol. The van der Waals surface area contributed by atoms with Gasteiger partial charge in [-0.1, -0.05) is 0 Å². The van der Waals surface area contributed by atoms with E-state index in [4.69, 9.17) is 14.5 Å². The van der Waals surface area contributed by atoms with Gasteiger partial charge >= 0.3 is 6.09 Å². The number of aromatic nitrogens is 2. The smallest absolute Gasteiger partial charge is 0.410 e. The molecule has 9 nitrogen and oxygen atoms in total. The summed E-state index contributed by atoms with van der Waals surface area (Å²) in [4.78, 5) is 21.5. The molecule has 32 heavy (non-hydrogen) atoms. The van der Waals surface area contributed by atoms with E-state index >= 15 is 0 Å². The maximum Gasteiger partial charge on any atom is 0.410 e. The number of likely N-dealkylation sites (tertiary alicyclic amines) is 1. The third-order valence-corrected chi connectivity index (χ3v) is 5.77. The lowest BCUT2D eigenvalue weighted by Gasteiger charge is -2.35. The van der Waals surface area contributed by atoms with E-state index in [1.807, 2.05) is 49.8 Å². The molecular formula is C23H40N6O3. The number of nitrogens with one attached hydrogen (secondary N) is 1. The fraction of sp³-hybridized carbons (Fsp3) is 0.783. The third kappa shape index (κ3) is 7.12. The average Bonchev–Trinajstić information content (AvgIpc) is 3.19. The molecule has 2 saturated heterocycles. The minimum Gasteiger partial charge on any atom is -0.444 e. The number of rotatable bonds is 5. The standard InChI is InChI=1S/C23H40N6O3/c1-6-24-21(28-12-13-31-20(17-28)19-14-26-27(5)16-19)25-10-9-18-8-7-11-29(15-18)22(30)32-23(2,3)4/h14,16,18,20H,6-13,15,17H2,1-5H3,(H,24,25). The predicted octanol–water partition coefficient (Wildman–Crippen LogP) is 2.80. The van der Waals surface area contributed by atoms with Crippen LogP contribution in [0.2, 0.25) is 0 Å². The Bertz CT molecular complexity index is 772. The van der Waals surface area contributed by atoms with Gasteiger partial charge in [-0.15, -0.1) is 0 Å². The van der Waals surface area contributed by atoms with Crippen LogP contribution in [0.3, 0.4) is 0 Å². The lowest BCUT2D eigenvalue weighted by Crippen LogP contribution is -2.48. The molecule has 3 rings (SSSR count). The first kappa shape index (κ1) is 24.4. The highest BCUT2D eigenvalue weighted by Gasteiger charge is 2.28. The molecule has 1 aromatic heterocycles. The summed E-state index contributed by atoms with van der Waals surface area (Å²) in [5, 5.41) is 7.71. The van der Waals surface area contributed by atoms with Crippen LogP contribution in [0.15, 0.2) is 17.4 Å². The molecule has 2 aliphatic heterocycles. The Morgan fingerprint density at radius 1 is 1.31 bits per heavy atom. The van der Waals surface area contributed by atoms with Crippen molar-refractivity contribution in [3.63, 3.8) is 0 Å². The van der Waals surface area contributed by atoms with Crippen LogP contribution >= 0.6 is 0 Å². The van der Waals surface area contributed by atoms with Crippen molar-refractivity contribution in [3.05, 3.63) is 18.0 Å². The van der Waals surface area contributed by atoms with Gasteiger partial charge in [-0.25, -0.2) is 4.79 Å². The number of piperidine rings is 1. The van der Waals surface area contributed by atoms with E-state index in [0.29, 0.717) is 12.5 Å². The molecule has 0 spiro atoms. The van der Waals surface area contributed by atoms with E-state index in [9.17, 15) is 4.79 Å². The maximum absolute atomic E-state index is 12.4. The van der Waals surface area contributed by atoms with Crippen molar-refractivity contribution in [1.29, 1.82) is 0 Å². The molecule has 0 aliphatic carbocycles. The Balaban J connectivity index is 1.54. The van der Waals surface area contributed by atoms with E-state index in [1.165, 1.54) is 0 Å². The zero-order chi connectivity index (χ0) is 23.1. The zero-order valence-corrected chi connectivity index (χ0v) is 20.3. The van der Waals surface area contributed by atoms with E-state index in [2.05, 4.69) is 22.2 Å². The van der Waals surface area contributed by atoms with Gasteiger partial charge in [0.15, 0.2) is 5.96 Å². The van der Waals surface area contributed by atoms with Crippen LogP contribution in [0.1, 0.15) is 58.6 Å². The fourth-order valence-corrected chi connectivity index (χ4v) is 4.22. The third-order valence-electron chi connectivity index (χ3n) is 5.77. The summed E-state index contributed by atoms with van der Waals surface area (Å²) in [6.07, 6.45) is 6.80. The van der Waals surface area contributed by atoms with Gasteiger partial charge in [0, 0.05) is 51.5 Å². The largest absolute Gasteiger partial charge is 0.444 e. The van der Waals surface area contributed by atoms with Gasteiger partial charge in [-0.2, -0.15) is 5.10 Å². The highest BCUT2D eigenvalue weighted by molar-refractivity contribution is 5.80. The van der Waals surface area contributed by atoms with Crippen molar-refractivity contribution < 1.29 is 14.3 Å². The summed E-state index contributed by atoms with van der Waals surface area (Å²) < 4.78 is 13.3. The molecule has 3 heterocycles. The molecule has 2 unspecified atom stereocenters. The number of morpholine rings is 1. The molecule has 0 bridgehead atoms. The van der Waals surface area contributed by atoms with Gasteiger partial charge in [0.2, 0.25) is 0 Å².